The van der Waals surface area contributed by atoms with E-state index in [9.17, 15) is 9.59 Å². The fraction of sp³-hybridized carbons (Fsp3) is 0.417. The van der Waals surface area contributed by atoms with Gasteiger partial charge in [-0.25, -0.2) is 0 Å². The Labute approximate surface area is 173 Å². The number of benzene rings is 2. The average molecular weight is 395 g/mol. The zero-order chi connectivity index (χ0) is 20.8. The summed E-state index contributed by atoms with van der Waals surface area (Å²) >= 11 is 0. The lowest BCUT2D eigenvalue weighted by molar-refractivity contribution is -0.122. The molecule has 1 aliphatic rings. The quantitative estimate of drug-likeness (QED) is 0.659. The lowest BCUT2D eigenvalue weighted by atomic mass is 10.0. The van der Waals surface area contributed by atoms with Crippen LogP contribution >= 0.6 is 0 Å². The maximum absolute atomic E-state index is 12.8. The van der Waals surface area contributed by atoms with Gasteiger partial charge in [-0.15, -0.1) is 0 Å². The summed E-state index contributed by atoms with van der Waals surface area (Å²) in [5.74, 6) is 0.330. The van der Waals surface area contributed by atoms with Gasteiger partial charge >= 0.3 is 0 Å². The zero-order valence-electron chi connectivity index (χ0n) is 17.5. The predicted molar refractivity (Wildman–Crippen MR) is 116 cm³/mol. The maximum Gasteiger partial charge on any atom is 0.229 e. The van der Waals surface area contributed by atoms with Gasteiger partial charge in [-0.3, -0.25) is 9.59 Å². The summed E-state index contributed by atoms with van der Waals surface area (Å²) in [5, 5.41) is 3.06. The molecule has 3 rings (SSSR count). The number of anilines is 2. The van der Waals surface area contributed by atoms with Gasteiger partial charge in [-0.2, -0.15) is 0 Å². The Morgan fingerprint density at radius 1 is 1.17 bits per heavy atom. The topological polar surface area (TPSA) is 58.6 Å². The second-order valence-corrected chi connectivity index (χ2v) is 7.55. The molecule has 29 heavy (non-hydrogen) atoms. The largest absolute Gasteiger partial charge is 0.494 e. The van der Waals surface area contributed by atoms with Gasteiger partial charge in [0.2, 0.25) is 11.8 Å². The van der Waals surface area contributed by atoms with Gasteiger partial charge in [-0.05, 0) is 55.2 Å². The molecule has 1 N–H and O–H groups in total. The molecule has 0 saturated carbocycles. The summed E-state index contributed by atoms with van der Waals surface area (Å²) in [7, 11) is 0. The van der Waals surface area contributed by atoms with Crippen LogP contribution < -0.4 is 15.0 Å². The summed E-state index contributed by atoms with van der Waals surface area (Å²) in [5.41, 5.74) is 3.83. The molecule has 0 aromatic heterocycles. The van der Waals surface area contributed by atoms with Crippen LogP contribution in [-0.4, -0.2) is 25.0 Å². The van der Waals surface area contributed by atoms with Crippen molar-refractivity contribution in [2.45, 2.75) is 46.5 Å². The molecule has 0 bridgehead atoms. The minimum atomic E-state index is -0.354. The van der Waals surface area contributed by atoms with Crippen LogP contribution in [0, 0.1) is 12.8 Å². The normalized spacial score (nSPS) is 16.2. The molecule has 0 radical (unpaired) electrons. The Balaban J connectivity index is 1.65. The highest BCUT2D eigenvalue weighted by Crippen LogP contribution is 2.29. The average Bonchev–Trinajstić information content (AvgIpc) is 3.12. The first-order valence-electron chi connectivity index (χ1n) is 10.5. The van der Waals surface area contributed by atoms with E-state index in [0.717, 1.165) is 47.5 Å². The number of hydrogen-bond acceptors (Lipinski definition) is 3. The molecule has 1 heterocycles. The van der Waals surface area contributed by atoms with Crippen molar-refractivity contribution in [2.75, 3.05) is 23.4 Å². The van der Waals surface area contributed by atoms with Gasteiger partial charge in [-0.1, -0.05) is 38.5 Å². The number of nitrogens with zero attached hydrogens (tertiary/aromatic N) is 1. The van der Waals surface area contributed by atoms with Crippen LogP contribution in [0.5, 0.6) is 5.75 Å². The molecule has 1 aliphatic heterocycles. The van der Waals surface area contributed by atoms with E-state index in [1.165, 1.54) is 0 Å². The minimum Gasteiger partial charge on any atom is -0.494 e. The number of ether oxygens (including phenoxy) is 1. The summed E-state index contributed by atoms with van der Waals surface area (Å²) in [6.45, 7) is 7.28. The summed E-state index contributed by atoms with van der Waals surface area (Å²) < 4.78 is 5.68. The van der Waals surface area contributed by atoms with E-state index < -0.39 is 0 Å². The minimum absolute atomic E-state index is 0.0229. The van der Waals surface area contributed by atoms with Crippen LogP contribution in [0.1, 0.15) is 44.2 Å². The molecule has 1 atom stereocenters. The molecule has 1 saturated heterocycles. The van der Waals surface area contributed by atoms with Crippen molar-refractivity contribution >= 4 is 23.2 Å². The van der Waals surface area contributed by atoms with Crippen molar-refractivity contribution in [1.82, 2.24) is 0 Å². The van der Waals surface area contributed by atoms with E-state index in [1.54, 1.807) is 4.90 Å². The van der Waals surface area contributed by atoms with Crippen LogP contribution in [0.2, 0.25) is 0 Å². The Kier molecular flexibility index (Phi) is 6.91. The molecule has 0 spiro atoms. The van der Waals surface area contributed by atoms with E-state index in [1.807, 2.05) is 49.4 Å². The number of aryl methyl sites for hydroxylation is 2. The van der Waals surface area contributed by atoms with Gasteiger partial charge < -0.3 is 15.0 Å². The Morgan fingerprint density at radius 3 is 2.62 bits per heavy atom. The maximum atomic E-state index is 12.8. The Bertz CT molecular complexity index is 861. The number of carbonyl (C=O) groups is 2. The first-order valence-corrected chi connectivity index (χ1v) is 10.5. The van der Waals surface area contributed by atoms with Crippen LogP contribution in [0.25, 0.3) is 0 Å². The third kappa shape index (κ3) is 4.97. The molecule has 2 aromatic carbocycles. The van der Waals surface area contributed by atoms with Crippen molar-refractivity contribution < 1.29 is 14.3 Å². The van der Waals surface area contributed by atoms with Crippen molar-refractivity contribution in [3.8, 4) is 5.75 Å². The number of rotatable bonds is 8. The number of amides is 2. The lowest BCUT2D eigenvalue weighted by Gasteiger charge is -2.18. The van der Waals surface area contributed by atoms with Gasteiger partial charge in [0, 0.05) is 24.3 Å². The summed E-state index contributed by atoms with van der Waals surface area (Å²) in [6, 6.07) is 13.6. The first-order chi connectivity index (χ1) is 14.0. The number of carbonyl (C=O) groups excluding carboxylic acids is 2. The van der Waals surface area contributed by atoms with Crippen molar-refractivity contribution in [3.63, 3.8) is 0 Å². The highest BCUT2D eigenvalue weighted by Gasteiger charge is 2.35. The molecule has 0 aliphatic carbocycles. The smallest absolute Gasteiger partial charge is 0.229 e. The fourth-order valence-electron chi connectivity index (χ4n) is 3.62. The van der Waals surface area contributed by atoms with Crippen molar-refractivity contribution in [3.05, 3.63) is 53.6 Å². The molecule has 154 valence electrons. The summed E-state index contributed by atoms with van der Waals surface area (Å²) in [6.07, 6.45) is 3.18. The van der Waals surface area contributed by atoms with Gasteiger partial charge in [0.1, 0.15) is 5.75 Å². The second kappa shape index (κ2) is 9.59. The molecule has 0 unspecified atom stereocenters. The molecule has 5 heteroatoms. The standard InChI is InChI=1S/C24H30N2O3/c1-4-6-14-29-21-12-10-20(11-13-21)26-16-19(15-22(26)27)24(28)25-23-17(3)8-7-9-18(23)5-2/h7-13,19H,4-6,14-16H2,1-3H3,(H,25,28)/t19-/m0/s1. The molecule has 1 fully saturated rings. The highest BCUT2D eigenvalue weighted by atomic mass is 16.5. The molecule has 5 nitrogen and oxygen atoms in total. The molecular weight excluding hydrogens is 364 g/mol. The first kappa shape index (κ1) is 20.9. The van der Waals surface area contributed by atoms with E-state index >= 15 is 0 Å². The number of hydrogen-bond donors (Lipinski definition) is 1. The fourth-order valence-corrected chi connectivity index (χ4v) is 3.62. The SMILES string of the molecule is CCCCOc1ccc(N2C[C@@H](C(=O)Nc3c(C)cccc3CC)CC2=O)cc1. The zero-order valence-corrected chi connectivity index (χ0v) is 17.5. The van der Waals surface area contributed by atoms with E-state index in [2.05, 4.69) is 19.2 Å². The number of para-hydroxylation sites is 1. The van der Waals surface area contributed by atoms with E-state index in [4.69, 9.17) is 4.74 Å². The van der Waals surface area contributed by atoms with Crippen molar-refractivity contribution in [2.24, 2.45) is 5.92 Å². The van der Waals surface area contributed by atoms with Crippen molar-refractivity contribution in [1.29, 1.82) is 0 Å². The van der Waals surface area contributed by atoms with Gasteiger partial charge in [0.05, 0.1) is 12.5 Å². The van der Waals surface area contributed by atoms with Crippen LogP contribution in [0.4, 0.5) is 11.4 Å². The predicted octanol–water partition coefficient (Wildman–Crippen LogP) is 4.73. The van der Waals surface area contributed by atoms with E-state index in [0.29, 0.717) is 13.2 Å². The van der Waals surface area contributed by atoms with Crippen LogP contribution in [0.3, 0.4) is 0 Å². The molecular formula is C24H30N2O3. The number of unbranched alkanes of at least 4 members (excludes halogenated alkanes) is 1. The molecule has 2 aromatic rings. The highest BCUT2D eigenvalue weighted by molar-refractivity contribution is 6.04. The Hall–Kier alpha value is -2.82. The van der Waals surface area contributed by atoms with Gasteiger partial charge in [0.25, 0.3) is 0 Å². The molecule has 2 amide bonds. The van der Waals surface area contributed by atoms with Crippen LogP contribution in [-0.2, 0) is 16.0 Å². The second-order valence-electron chi connectivity index (χ2n) is 7.55. The summed E-state index contributed by atoms with van der Waals surface area (Å²) in [4.78, 5) is 27.1. The lowest BCUT2D eigenvalue weighted by Crippen LogP contribution is -2.28. The van der Waals surface area contributed by atoms with Gasteiger partial charge in [0.15, 0.2) is 0 Å². The van der Waals surface area contributed by atoms with Crippen LogP contribution in [0.15, 0.2) is 42.5 Å². The third-order valence-corrected chi connectivity index (χ3v) is 5.40. The third-order valence-electron chi connectivity index (χ3n) is 5.40. The van der Waals surface area contributed by atoms with E-state index in [-0.39, 0.29) is 24.2 Å². The number of nitrogens with one attached hydrogen (secondary N) is 1. The Morgan fingerprint density at radius 2 is 1.93 bits per heavy atom. The monoisotopic (exact) mass is 394 g/mol.